The lowest BCUT2D eigenvalue weighted by molar-refractivity contribution is 0.0826. The van der Waals surface area contributed by atoms with Gasteiger partial charge in [-0.25, -0.2) is 30.0 Å². The average Bonchev–Trinajstić information content (AvgIpc) is 3.21. The van der Waals surface area contributed by atoms with Crippen molar-refractivity contribution in [1.82, 2.24) is 36.6 Å². The third-order valence-corrected chi connectivity index (χ3v) is 9.81. The standard InChI is InChI=1S/C46H42N8O4/c1-27-16-18-33(29(3)20-27)41-23-37(35-12-5-7-14-39(35)49-41)43(55)51-52-46(58)48-25-31-10-9-11-32(22-31)26-54(45(47)57)53-44(56)38-24-42(34-19-17-28(2)21-30(34)4)50-40-15-8-6-13-36(38)40/h5-24H,25-26H2,1-4H3,(H2,47,57)(H,51,55)(H,53,56)(H2,48,52,58). The van der Waals surface area contributed by atoms with Gasteiger partial charge >= 0.3 is 12.1 Å². The smallest absolute Gasteiger partial charge is 0.333 e. The molecule has 0 spiro atoms. The highest BCUT2D eigenvalue weighted by atomic mass is 16.2. The van der Waals surface area contributed by atoms with Crippen LogP contribution in [0.25, 0.3) is 44.3 Å². The normalized spacial score (nSPS) is 10.9. The monoisotopic (exact) mass is 770 g/mol. The fourth-order valence-corrected chi connectivity index (χ4v) is 6.99. The largest absolute Gasteiger partial charge is 0.350 e. The Morgan fingerprint density at radius 3 is 1.67 bits per heavy atom. The van der Waals surface area contributed by atoms with E-state index in [4.69, 9.17) is 15.7 Å². The van der Waals surface area contributed by atoms with Crippen LogP contribution in [0.1, 0.15) is 54.1 Å². The minimum absolute atomic E-state index is 0.0475. The number of carbonyl (C=O) groups excluding carboxylic acids is 4. The molecule has 0 aliphatic rings. The molecule has 6 N–H and O–H groups in total. The summed E-state index contributed by atoms with van der Waals surface area (Å²) >= 11 is 0. The SMILES string of the molecule is Cc1ccc(-c2cc(C(=O)NNC(=O)NCc3cccc(CN(NC(=O)c4cc(-c5ccc(C)cc5C)nc5ccccc45)C(N)=O)c3)c3ccccc3n2)c(C)c1. The highest BCUT2D eigenvalue weighted by molar-refractivity contribution is 6.08. The number of aromatic nitrogens is 2. The lowest BCUT2D eigenvalue weighted by Gasteiger charge is -2.22. The Hall–Kier alpha value is -7.60. The predicted molar refractivity (Wildman–Crippen MR) is 225 cm³/mol. The highest BCUT2D eigenvalue weighted by Crippen LogP contribution is 2.29. The van der Waals surface area contributed by atoms with Crippen LogP contribution in [0.15, 0.2) is 121 Å². The van der Waals surface area contributed by atoms with E-state index in [1.807, 2.05) is 94.4 Å². The number of pyridine rings is 2. The first kappa shape index (κ1) is 38.7. The quantitative estimate of drug-likeness (QED) is 0.0991. The van der Waals surface area contributed by atoms with Gasteiger partial charge in [-0.2, -0.15) is 0 Å². The summed E-state index contributed by atoms with van der Waals surface area (Å²) in [5, 5.41) is 5.04. The fourth-order valence-electron chi connectivity index (χ4n) is 6.99. The van der Waals surface area contributed by atoms with Crippen LogP contribution in [0, 0.1) is 27.7 Å². The number of carbonyl (C=O) groups is 4. The Morgan fingerprint density at radius 2 is 1.12 bits per heavy atom. The van der Waals surface area contributed by atoms with E-state index in [2.05, 4.69) is 33.7 Å². The number of nitrogens with one attached hydrogen (secondary N) is 4. The van der Waals surface area contributed by atoms with Crippen LogP contribution in [0.2, 0.25) is 0 Å². The van der Waals surface area contributed by atoms with Crippen LogP contribution >= 0.6 is 0 Å². The van der Waals surface area contributed by atoms with E-state index in [-0.39, 0.29) is 13.1 Å². The second kappa shape index (κ2) is 16.6. The minimum Gasteiger partial charge on any atom is -0.350 e. The van der Waals surface area contributed by atoms with Crippen molar-refractivity contribution in [1.29, 1.82) is 0 Å². The van der Waals surface area contributed by atoms with E-state index in [9.17, 15) is 19.2 Å². The number of para-hydroxylation sites is 2. The summed E-state index contributed by atoms with van der Waals surface area (Å²) in [7, 11) is 0. The molecular formula is C46H42N8O4. The van der Waals surface area contributed by atoms with E-state index in [0.717, 1.165) is 38.4 Å². The van der Waals surface area contributed by atoms with Crippen molar-refractivity contribution in [2.75, 3.05) is 0 Å². The Kier molecular flexibility index (Phi) is 11.1. The third-order valence-electron chi connectivity index (χ3n) is 9.81. The fraction of sp³-hybridized carbons (Fsp3) is 0.130. The van der Waals surface area contributed by atoms with Crippen molar-refractivity contribution in [3.05, 3.63) is 166 Å². The van der Waals surface area contributed by atoms with Crippen LogP contribution in [0.3, 0.4) is 0 Å². The van der Waals surface area contributed by atoms with Crippen LogP contribution in [-0.2, 0) is 13.1 Å². The summed E-state index contributed by atoms with van der Waals surface area (Å²) < 4.78 is 0. The summed E-state index contributed by atoms with van der Waals surface area (Å²) in [4.78, 5) is 62.4. The van der Waals surface area contributed by atoms with Crippen molar-refractivity contribution in [3.8, 4) is 22.5 Å². The Bertz CT molecular complexity index is 2750. The highest BCUT2D eigenvalue weighted by Gasteiger charge is 2.20. The van der Waals surface area contributed by atoms with Crippen LogP contribution < -0.4 is 27.3 Å². The van der Waals surface area contributed by atoms with Gasteiger partial charge in [0, 0.05) is 28.4 Å². The number of aryl methyl sites for hydroxylation is 4. The molecule has 0 saturated heterocycles. The topological polar surface area (TPSA) is 171 Å². The van der Waals surface area contributed by atoms with Crippen molar-refractivity contribution >= 4 is 45.7 Å². The lowest BCUT2D eigenvalue weighted by Crippen LogP contribution is -2.48. The number of hydrazine groups is 2. The van der Waals surface area contributed by atoms with E-state index < -0.39 is 23.9 Å². The summed E-state index contributed by atoms with van der Waals surface area (Å²) in [6.45, 7) is 8.08. The Labute approximate surface area is 335 Å². The average molecular weight is 771 g/mol. The lowest BCUT2D eigenvalue weighted by atomic mass is 9.99. The number of primary amides is 1. The number of benzene rings is 5. The van der Waals surface area contributed by atoms with E-state index in [0.29, 0.717) is 55.4 Å². The number of rotatable bonds is 8. The van der Waals surface area contributed by atoms with E-state index in [1.54, 1.807) is 42.5 Å². The second-order valence-corrected chi connectivity index (χ2v) is 14.2. The third kappa shape index (κ3) is 8.61. The zero-order valence-electron chi connectivity index (χ0n) is 32.5. The van der Waals surface area contributed by atoms with Crippen molar-refractivity contribution < 1.29 is 19.2 Å². The van der Waals surface area contributed by atoms with Crippen molar-refractivity contribution in [2.45, 2.75) is 40.8 Å². The molecule has 6 amide bonds. The molecule has 5 aromatic carbocycles. The molecule has 0 aliphatic carbocycles. The summed E-state index contributed by atoms with van der Waals surface area (Å²) in [6.07, 6.45) is 0. The molecular weight excluding hydrogens is 729 g/mol. The molecule has 7 aromatic rings. The van der Waals surface area contributed by atoms with Crippen molar-refractivity contribution in [2.24, 2.45) is 5.73 Å². The molecule has 290 valence electrons. The maximum Gasteiger partial charge on any atom is 0.333 e. The van der Waals surface area contributed by atoms with Gasteiger partial charge in [0.2, 0.25) is 0 Å². The molecule has 0 aliphatic heterocycles. The number of nitrogens with zero attached hydrogens (tertiary/aromatic N) is 3. The summed E-state index contributed by atoms with van der Waals surface area (Å²) in [6, 6.07) is 35.8. The van der Waals surface area contributed by atoms with Gasteiger partial charge in [-0.3, -0.25) is 20.4 Å². The van der Waals surface area contributed by atoms with Crippen LogP contribution in [0.5, 0.6) is 0 Å². The van der Waals surface area contributed by atoms with E-state index in [1.165, 1.54) is 0 Å². The van der Waals surface area contributed by atoms with E-state index >= 15 is 0 Å². The van der Waals surface area contributed by atoms with Crippen LogP contribution in [-0.4, -0.2) is 38.9 Å². The molecule has 0 unspecified atom stereocenters. The van der Waals surface area contributed by atoms with Gasteiger partial charge in [0.15, 0.2) is 0 Å². The molecule has 2 aromatic heterocycles. The number of amides is 6. The minimum atomic E-state index is -0.858. The van der Waals surface area contributed by atoms with Gasteiger partial charge in [-0.1, -0.05) is 108 Å². The predicted octanol–water partition coefficient (Wildman–Crippen LogP) is 7.72. The maximum atomic E-state index is 13.8. The first-order chi connectivity index (χ1) is 27.9. The molecule has 12 nitrogen and oxygen atoms in total. The Morgan fingerprint density at radius 1 is 0.586 bits per heavy atom. The van der Waals surface area contributed by atoms with Gasteiger partial charge in [0.1, 0.15) is 0 Å². The van der Waals surface area contributed by atoms with Gasteiger partial charge in [0.05, 0.1) is 40.1 Å². The van der Waals surface area contributed by atoms with Crippen molar-refractivity contribution in [3.63, 3.8) is 0 Å². The first-order valence-corrected chi connectivity index (χ1v) is 18.7. The summed E-state index contributed by atoms with van der Waals surface area (Å²) in [5.41, 5.74) is 24.1. The van der Waals surface area contributed by atoms with Gasteiger partial charge in [-0.05, 0) is 74.2 Å². The number of nitrogens with two attached hydrogens (primary N) is 1. The van der Waals surface area contributed by atoms with Gasteiger partial charge < -0.3 is 11.1 Å². The first-order valence-electron chi connectivity index (χ1n) is 18.7. The number of hydrogen-bond donors (Lipinski definition) is 5. The molecule has 0 radical (unpaired) electrons. The van der Waals surface area contributed by atoms with Gasteiger partial charge in [-0.15, -0.1) is 0 Å². The molecule has 0 bridgehead atoms. The maximum absolute atomic E-state index is 13.8. The molecule has 0 saturated carbocycles. The van der Waals surface area contributed by atoms with Gasteiger partial charge in [0.25, 0.3) is 11.8 Å². The molecule has 2 heterocycles. The molecule has 58 heavy (non-hydrogen) atoms. The molecule has 0 fully saturated rings. The Balaban J connectivity index is 1.00. The van der Waals surface area contributed by atoms with Crippen LogP contribution in [0.4, 0.5) is 9.59 Å². The number of fused-ring (bicyclic) bond motifs is 2. The zero-order valence-corrected chi connectivity index (χ0v) is 32.5. The molecule has 7 rings (SSSR count). The molecule has 0 atom stereocenters. The number of hydrogen-bond acceptors (Lipinski definition) is 6. The summed E-state index contributed by atoms with van der Waals surface area (Å²) in [5.74, 6) is -1.03. The zero-order chi connectivity index (χ0) is 40.9. The number of urea groups is 2. The molecule has 12 heteroatoms. The second-order valence-electron chi connectivity index (χ2n) is 14.2.